The monoisotopic (exact) mass is 438 g/mol. The molecule has 0 unspecified atom stereocenters. The van der Waals surface area contributed by atoms with E-state index in [9.17, 15) is 0 Å². The summed E-state index contributed by atoms with van der Waals surface area (Å²) in [6.07, 6.45) is 33.8. The van der Waals surface area contributed by atoms with Gasteiger partial charge in [-0.25, -0.2) is 9.97 Å². The van der Waals surface area contributed by atoms with Gasteiger partial charge >= 0.3 is 0 Å². The molecule has 0 radical (unpaired) electrons. The molecule has 2 fully saturated rings. The highest BCUT2D eigenvalue weighted by Gasteiger charge is 2.24. The summed E-state index contributed by atoms with van der Waals surface area (Å²) in [7, 11) is 0. The van der Waals surface area contributed by atoms with E-state index in [1.807, 2.05) is 0 Å². The minimum Gasteiger partial charge on any atom is -0.241 e. The van der Waals surface area contributed by atoms with Gasteiger partial charge in [-0.15, -0.1) is 0 Å². The van der Waals surface area contributed by atoms with E-state index in [1.54, 1.807) is 0 Å². The molecule has 1 aromatic rings. The van der Waals surface area contributed by atoms with Crippen LogP contribution in [-0.2, 0) is 6.42 Å². The van der Waals surface area contributed by atoms with Crippen LogP contribution in [0.3, 0.4) is 0 Å². The summed E-state index contributed by atoms with van der Waals surface area (Å²) in [5.74, 6) is 4.35. The van der Waals surface area contributed by atoms with Gasteiger partial charge in [-0.3, -0.25) is 0 Å². The van der Waals surface area contributed by atoms with Crippen molar-refractivity contribution < 1.29 is 0 Å². The normalized spacial score (nSPS) is 26.6. The Bertz CT molecular complexity index is 619. The van der Waals surface area contributed by atoms with Crippen molar-refractivity contribution in [3.05, 3.63) is 35.9 Å². The molecule has 1 aromatic heterocycles. The predicted octanol–water partition coefficient (Wildman–Crippen LogP) is 9.21. The fourth-order valence-electron chi connectivity index (χ4n) is 5.86. The molecule has 0 saturated heterocycles. The quantitative estimate of drug-likeness (QED) is 0.226. The molecule has 0 N–H and O–H groups in total. The molecule has 32 heavy (non-hydrogen) atoms. The Labute approximate surface area is 199 Å². The molecule has 2 heteroatoms. The van der Waals surface area contributed by atoms with Gasteiger partial charge < -0.3 is 0 Å². The summed E-state index contributed by atoms with van der Waals surface area (Å²) in [5.41, 5.74) is 1.32. The molecule has 0 bridgehead atoms. The number of allylic oxidation sites excluding steroid dienone is 2. The Kier molecular flexibility index (Phi) is 11.8. The second-order valence-corrected chi connectivity index (χ2v) is 10.9. The van der Waals surface area contributed by atoms with Crippen LogP contribution in [0.1, 0.15) is 140 Å². The summed E-state index contributed by atoms with van der Waals surface area (Å²) in [6.45, 7) is 4.60. The minimum absolute atomic E-state index is 0.580. The molecule has 3 rings (SSSR count). The summed E-state index contributed by atoms with van der Waals surface area (Å²) in [5, 5.41) is 0. The zero-order valence-corrected chi connectivity index (χ0v) is 21.2. The number of unbranched alkanes of at least 4 members (excludes halogenated alkanes) is 6. The third kappa shape index (κ3) is 8.99. The standard InChI is InChI=1S/C30H50N2/c1-3-5-7-8-9-10-12-28-23-31-30(32-24-28)29-21-19-27(20-22-29)18-17-26-15-13-25(14-16-26)11-6-4-2/h17-18,23-27,29H,3-16,19-22H2,1-2H3/b18-17+. The largest absolute Gasteiger partial charge is 0.241 e. The fourth-order valence-corrected chi connectivity index (χ4v) is 5.86. The average Bonchev–Trinajstić information content (AvgIpc) is 2.85. The number of hydrogen-bond donors (Lipinski definition) is 0. The molecule has 180 valence electrons. The lowest BCUT2D eigenvalue weighted by molar-refractivity contribution is 0.289. The van der Waals surface area contributed by atoms with Crippen molar-refractivity contribution in [2.24, 2.45) is 17.8 Å². The smallest absolute Gasteiger partial charge is 0.131 e. The van der Waals surface area contributed by atoms with E-state index in [2.05, 4.69) is 38.4 Å². The number of aryl methyl sites for hydroxylation is 1. The molecule has 0 aliphatic heterocycles. The summed E-state index contributed by atoms with van der Waals surface area (Å²) < 4.78 is 0. The van der Waals surface area contributed by atoms with Gasteiger partial charge in [-0.05, 0) is 87.5 Å². The minimum atomic E-state index is 0.580. The van der Waals surface area contributed by atoms with Gasteiger partial charge in [0.05, 0.1) is 0 Å². The molecule has 0 atom stereocenters. The number of hydrogen-bond acceptors (Lipinski definition) is 2. The van der Waals surface area contributed by atoms with Crippen molar-refractivity contribution in [3.63, 3.8) is 0 Å². The molecule has 0 aromatic carbocycles. The molecule has 2 aliphatic carbocycles. The lowest BCUT2D eigenvalue weighted by Gasteiger charge is -2.28. The molecule has 2 saturated carbocycles. The van der Waals surface area contributed by atoms with Crippen molar-refractivity contribution in [2.45, 2.75) is 135 Å². The second-order valence-electron chi connectivity index (χ2n) is 10.9. The molecular formula is C30H50N2. The van der Waals surface area contributed by atoms with Crippen LogP contribution in [-0.4, -0.2) is 9.97 Å². The number of aromatic nitrogens is 2. The van der Waals surface area contributed by atoms with Gasteiger partial charge in [0.25, 0.3) is 0 Å². The fraction of sp³-hybridized carbons (Fsp3) is 0.800. The Balaban J connectivity index is 1.32. The van der Waals surface area contributed by atoms with E-state index in [0.717, 1.165) is 30.0 Å². The van der Waals surface area contributed by atoms with E-state index in [4.69, 9.17) is 9.97 Å². The lowest BCUT2D eigenvalue weighted by Crippen LogP contribution is -2.15. The molecular weight excluding hydrogens is 388 g/mol. The van der Waals surface area contributed by atoms with Gasteiger partial charge in [0.2, 0.25) is 0 Å². The van der Waals surface area contributed by atoms with Crippen molar-refractivity contribution in [2.75, 3.05) is 0 Å². The summed E-state index contributed by atoms with van der Waals surface area (Å²) in [6, 6.07) is 0. The first-order chi connectivity index (χ1) is 15.8. The summed E-state index contributed by atoms with van der Waals surface area (Å²) in [4.78, 5) is 9.55. The lowest BCUT2D eigenvalue weighted by atomic mass is 9.78. The highest BCUT2D eigenvalue weighted by molar-refractivity contribution is 5.09. The number of rotatable bonds is 13. The van der Waals surface area contributed by atoms with Crippen LogP contribution < -0.4 is 0 Å². The van der Waals surface area contributed by atoms with Crippen LogP contribution in [0, 0.1) is 17.8 Å². The molecule has 2 nitrogen and oxygen atoms in total. The maximum atomic E-state index is 4.77. The number of nitrogens with zero attached hydrogens (tertiary/aromatic N) is 2. The average molecular weight is 439 g/mol. The van der Waals surface area contributed by atoms with Crippen LogP contribution in [0.15, 0.2) is 24.5 Å². The van der Waals surface area contributed by atoms with E-state index < -0.39 is 0 Å². The highest BCUT2D eigenvalue weighted by Crippen LogP contribution is 2.36. The predicted molar refractivity (Wildman–Crippen MR) is 138 cm³/mol. The molecule has 0 spiro atoms. The van der Waals surface area contributed by atoms with Crippen LogP contribution in [0.5, 0.6) is 0 Å². The van der Waals surface area contributed by atoms with Crippen molar-refractivity contribution >= 4 is 0 Å². The second kappa shape index (κ2) is 14.9. The third-order valence-corrected chi connectivity index (χ3v) is 8.19. The Morgan fingerprint density at radius 3 is 1.88 bits per heavy atom. The van der Waals surface area contributed by atoms with Crippen LogP contribution >= 0.6 is 0 Å². The zero-order valence-electron chi connectivity index (χ0n) is 21.2. The SMILES string of the molecule is CCCCCCCCc1cnc(C2CCC(/C=C/C3CCC(CCCC)CC3)CC2)nc1. The Morgan fingerprint density at radius 1 is 0.688 bits per heavy atom. The highest BCUT2D eigenvalue weighted by atomic mass is 14.9. The maximum Gasteiger partial charge on any atom is 0.131 e. The van der Waals surface area contributed by atoms with Crippen molar-refractivity contribution in [1.82, 2.24) is 9.97 Å². The molecule has 0 amide bonds. The topological polar surface area (TPSA) is 25.8 Å². The zero-order chi connectivity index (χ0) is 22.4. The van der Waals surface area contributed by atoms with Crippen molar-refractivity contribution in [1.29, 1.82) is 0 Å². The Hall–Kier alpha value is -1.18. The van der Waals surface area contributed by atoms with Gasteiger partial charge in [0.1, 0.15) is 5.82 Å². The van der Waals surface area contributed by atoms with Crippen molar-refractivity contribution in [3.8, 4) is 0 Å². The van der Waals surface area contributed by atoms with Gasteiger partial charge in [-0.1, -0.05) is 77.4 Å². The van der Waals surface area contributed by atoms with Gasteiger partial charge in [-0.2, -0.15) is 0 Å². The van der Waals surface area contributed by atoms with Crippen LogP contribution in [0.2, 0.25) is 0 Å². The third-order valence-electron chi connectivity index (χ3n) is 8.19. The first-order valence-electron chi connectivity index (χ1n) is 14.3. The van der Waals surface area contributed by atoms with Gasteiger partial charge in [0, 0.05) is 18.3 Å². The van der Waals surface area contributed by atoms with E-state index >= 15 is 0 Å². The van der Waals surface area contributed by atoms with Gasteiger partial charge in [0.15, 0.2) is 0 Å². The molecule has 1 heterocycles. The van der Waals surface area contributed by atoms with E-state index in [0.29, 0.717) is 5.92 Å². The Morgan fingerprint density at radius 2 is 1.25 bits per heavy atom. The summed E-state index contributed by atoms with van der Waals surface area (Å²) >= 11 is 0. The molecule has 2 aliphatic rings. The van der Waals surface area contributed by atoms with Crippen LogP contribution in [0.25, 0.3) is 0 Å². The van der Waals surface area contributed by atoms with Crippen LogP contribution in [0.4, 0.5) is 0 Å². The first-order valence-corrected chi connectivity index (χ1v) is 14.3. The first kappa shape index (κ1) is 25.4. The van der Waals surface area contributed by atoms with E-state index in [-0.39, 0.29) is 0 Å². The maximum absolute atomic E-state index is 4.77. The van der Waals surface area contributed by atoms with E-state index in [1.165, 1.54) is 115 Å².